The third-order valence-corrected chi connectivity index (χ3v) is 3.31. The maximum Gasteiger partial charge on any atom is 0.251 e. The van der Waals surface area contributed by atoms with Crippen molar-refractivity contribution in [1.29, 1.82) is 0 Å². The number of nitrogens with one attached hydrogen (secondary N) is 2. The van der Waals surface area contributed by atoms with Crippen LogP contribution in [0.4, 0.5) is 0 Å². The van der Waals surface area contributed by atoms with Crippen molar-refractivity contribution in [2.24, 2.45) is 0 Å². The molecule has 0 fully saturated rings. The third kappa shape index (κ3) is 3.62. The van der Waals surface area contributed by atoms with E-state index in [4.69, 9.17) is 0 Å². The predicted octanol–water partition coefficient (Wildman–Crippen LogP) is 2.66. The zero-order valence-corrected chi connectivity index (χ0v) is 13.0. The number of aryl methyl sites for hydroxylation is 1. The van der Waals surface area contributed by atoms with E-state index < -0.39 is 0 Å². The van der Waals surface area contributed by atoms with Crippen LogP contribution in [-0.2, 0) is 6.42 Å². The van der Waals surface area contributed by atoms with Crippen LogP contribution in [0.5, 0.6) is 0 Å². The van der Waals surface area contributed by atoms with Gasteiger partial charge in [0.1, 0.15) is 5.82 Å². The number of aromatic amines is 1. The number of hydrogen-bond donors (Lipinski definition) is 2. The van der Waals surface area contributed by atoms with Crippen molar-refractivity contribution in [3.63, 3.8) is 0 Å². The molecular formula is C16H17ClN4O. The van der Waals surface area contributed by atoms with Crippen LogP contribution < -0.4 is 5.32 Å². The second-order valence-corrected chi connectivity index (χ2v) is 4.92. The molecule has 6 heteroatoms. The van der Waals surface area contributed by atoms with Crippen molar-refractivity contribution < 1.29 is 4.79 Å². The molecule has 2 heterocycles. The van der Waals surface area contributed by atoms with Crippen molar-refractivity contribution in [3.8, 4) is 0 Å². The molecular weight excluding hydrogens is 300 g/mol. The number of imidazole rings is 1. The number of halogens is 1. The third-order valence-electron chi connectivity index (χ3n) is 3.31. The van der Waals surface area contributed by atoms with Crippen LogP contribution >= 0.6 is 12.4 Å². The maximum absolute atomic E-state index is 11.9. The summed E-state index contributed by atoms with van der Waals surface area (Å²) >= 11 is 0. The Bertz CT molecular complexity index is 770. The fourth-order valence-corrected chi connectivity index (χ4v) is 2.27. The topological polar surface area (TPSA) is 70.7 Å². The summed E-state index contributed by atoms with van der Waals surface area (Å²) in [6.45, 7) is 2.54. The smallest absolute Gasteiger partial charge is 0.251 e. The molecule has 0 atom stereocenters. The molecule has 0 aliphatic rings. The maximum atomic E-state index is 11.9. The predicted molar refractivity (Wildman–Crippen MR) is 88.4 cm³/mol. The number of rotatable bonds is 4. The number of hydrogen-bond acceptors (Lipinski definition) is 3. The van der Waals surface area contributed by atoms with Gasteiger partial charge >= 0.3 is 0 Å². The van der Waals surface area contributed by atoms with Gasteiger partial charge in [0.15, 0.2) is 0 Å². The molecule has 5 nitrogen and oxygen atoms in total. The fourth-order valence-electron chi connectivity index (χ4n) is 2.27. The average Bonchev–Trinajstić information content (AvgIpc) is 2.87. The van der Waals surface area contributed by atoms with Gasteiger partial charge in [-0.25, -0.2) is 4.98 Å². The summed E-state index contributed by atoms with van der Waals surface area (Å²) in [6.07, 6.45) is 4.01. The van der Waals surface area contributed by atoms with Crippen LogP contribution in [-0.4, -0.2) is 27.4 Å². The lowest BCUT2D eigenvalue weighted by Gasteiger charge is -2.05. The average molecular weight is 317 g/mol. The van der Waals surface area contributed by atoms with Gasteiger partial charge in [-0.3, -0.25) is 9.78 Å². The van der Waals surface area contributed by atoms with Gasteiger partial charge in [0, 0.05) is 24.5 Å². The summed E-state index contributed by atoms with van der Waals surface area (Å²) < 4.78 is 0. The first-order valence-corrected chi connectivity index (χ1v) is 6.86. The molecule has 0 unspecified atom stereocenters. The van der Waals surface area contributed by atoms with Crippen LogP contribution in [0.15, 0.2) is 42.7 Å². The zero-order chi connectivity index (χ0) is 14.7. The molecule has 0 bridgehead atoms. The van der Waals surface area contributed by atoms with Crippen LogP contribution in [0.2, 0.25) is 0 Å². The molecule has 0 saturated carbocycles. The van der Waals surface area contributed by atoms with E-state index in [0.717, 1.165) is 23.3 Å². The van der Waals surface area contributed by atoms with Crippen molar-refractivity contribution >= 4 is 29.3 Å². The number of pyridine rings is 1. The quantitative estimate of drug-likeness (QED) is 0.777. The number of fused-ring (bicyclic) bond motifs is 1. The summed E-state index contributed by atoms with van der Waals surface area (Å²) in [5.74, 6) is 0.837. The Morgan fingerprint density at radius 1 is 1.23 bits per heavy atom. The van der Waals surface area contributed by atoms with Crippen LogP contribution in [0.3, 0.4) is 0 Å². The molecule has 0 saturated heterocycles. The summed E-state index contributed by atoms with van der Waals surface area (Å²) in [7, 11) is 0. The van der Waals surface area contributed by atoms with Crippen LogP contribution in [0.25, 0.3) is 11.0 Å². The van der Waals surface area contributed by atoms with Gasteiger partial charge in [-0.15, -0.1) is 12.4 Å². The van der Waals surface area contributed by atoms with Gasteiger partial charge in [-0.1, -0.05) is 6.07 Å². The van der Waals surface area contributed by atoms with Crippen molar-refractivity contribution in [2.45, 2.75) is 13.3 Å². The van der Waals surface area contributed by atoms with E-state index in [2.05, 4.69) is 26.3 Å². The molecule has 1 aromatic carbocycles. The minimum Gasteiger partial charge on any atom is -0.352 e. The molecule has 2 aromatic heterocycles. The van der Waals surface area contributed by atoms with Crippen molar-refractivity contribution in [1.82, 2.24) is 20.3 Å². The lowest BCUT2D eigenvalue weighted by molar-refractivity contribution is 0.0954. The number of aromatic nitrogens is 3. The van der Waals surface area contributed by atoms with Gasteiger partial charge in [-0.2, -0.15) is 0 Å². The molecule has 0 spiro atoms. The van der Waals surface area contributed by atoms with Gasteiger partial charge in [0.05, 0.1) is 11.0 Å². The fraction of sp³-hybridized carbons (Fsp3) is 0.188. The van der Waals surface area contributed by atoms with E-state index in [1.54, 1.807) is 24.5 Å². The normalized spacial score (nSPS) is 10.2. The highest BCUT2D eigenvalue weighted by Gasteiger charge is 2.05. The van der Waals surface area contributed by atoms with Gasteiger partial charge < -0.3 is 10.3 Å². The second-order valence-electron chi connectivity index (χ2n) is 4.92. The minimum atomic E-state index is -0.0733. The van der Waals surface area contributed by atoms with E-state index in [1.165, 1.54) is 5.56 Å². The Hall–Kier alpha value is -2.40. The number of carbonyl (C=O) groups is 1. The Morgan fingerprint density at radius 2 is 2.00 bits per heavy atom. The first-order chi connectivity index (χ1) is 10.2. The van der Waals surface area contributed by atoms with Gasteiger partial charge in [0.2, 0.25) is 0 Å². The molecule has 114 valence electrons. The largest absolute Gasteiger partial charge is 0.352 e. The van der Waals surface area contributed by atoms with Crippen molar-refractivity contribution in [2.75, 3.05) is 6.54 Å². The minimum absolute atomic E-state index is 0. The highest BCUT2D eigenvalue weighted by atomic mass is 35.5. The molecule has 0 aliphatic carbocycles. The number of nitrogens with zero attached hydrogens (tertiary/aromatic N) is 2. The zero-order valence-electron chi connectivity index (χ0n) is 12.2. The molecule has 22 heavy (non-hydrogen) atoms. The monoisotopic (exact) mass is 316 g/mol. The Balaban J connectivity index is 0.00000176. The second kappa shape index (κ2) is 7.04. The first-order valence-electron chi connectivity index (χ1n) is 6.86. The van der Waals surface area contributed by atoms with Crippen LogP contribution in [0, 0.1) is 6.92 Å². The van der Waals surface area contributed by atoms with E-state index in [1.807, 2.05) is 19.1 Å². The molecule has 0 radical (unpaired) electrons. The van der Waals surface area contributed by atoms with Crippen LogP contribution in [0.1, 0.15) is 21.7 Å². The summed E-state index contributed by atoms with van der Waals surface area (Å²) in [5.41, 5.74) is 3.80. The molecule has 1 amide bonds. The van der Waals surface area contributed by atoms with Gasteiger partial charge in [-0.05, 0) is 43.2 Å². The highest BCUT2D eigenvalue weighted by molar-refractivity contribution is 5.93. The van der Waals surface area contributed by atoms with E-state index in [9.17, 15) is 4.79 Å². The summed E-state index contributed by atoms with van der Waals surface area (Å²) in [6, 6.07) is 9.53. The number of benzene rings is 1. The number of carbonyl (C=O) groups excluding carboxylic acids is 1. The number of amides is 1. The Kier molecular flexibility index (Phi) is 5.12. The highest BCUT2D eigenvalue weighted by Crippen LogP contribution is 2.13. The first kappa shape index (κ1) is 16.0. The Labute approximate surface area is 134 Å². The molecule has 3 aromatic rings. The van der Waals surface area contributed by atoms with E-state index in [-0.39, 0.29) is 18.3 Å². The number of H-pyrrole nitrogens is 1. The molecule has 0 aliphatic heterocycles. The summed E-state index contributed by atoms with van der Waals surface area (Å²) in [4.78, 5) is 23.4. The SMILES string of the molecule is Cc1nc2ccc(CCNC(=O)c3ccncc3)cc2[nH]1.Cl. The standard InChI is InChI=1S/C16H16N4O.ClH/c1-11-19-14-3-2-12(10-15(14)20-11)4-9-18-16(21)13-5-7-17-8-6-13;/h2-3,5-8,10H,4,9H2,1H3,(H,18,21)(H,19,20);1H. The van der Waals surface area contributed by atoms with Crippen molar-refractivity contribution in [3.05, 3.63) is 59.7 Å². The molecule has 3 rings (SSSR count). The van der Waals surface area contributed by atoms with Gasteiger partial charge in [0.25, 0.3) is 5.91 Å². The van der Waals surface area contributed by atoms with E-state index >= 15 is 0 Å². The Morgan fingerprint density at radius 3 is 2.77 bits per heavy atom. The lowest BCUT2D eigenvalue weighted by atomic mass is 10.1. The summed E-state index contributed by atoms with van der Waals surface area (Å²) in [5, 5.41) is 2.91. The lowest BCUT2D eigenvalue weighted by Crippen LogP contribution is -2.25. The van der Waals surface area contributed by atoms with E-state index in [0.29, 0.717) is 12.1 Å². The molecule has 2 N–H and O–H groups in total.